The summed E-state index contributed by atoms with van der Waals surface area (Å²) in [6, 6.07) is 5.00. The molecule has 3 aromatic rings. The molecule has 0 bridgehead atoms. The van der Waals surface area contributed by atoms with E-state index in [1.165, 1.54) is 11.3 Å². The molecule has 33 heavy (non-hydrogen) atoms. The lowest BCUT2D eigenvalue weighted by Crippen LogP contribution is -2.28. The van der Waals surface area contributed by atoms with Crippen molar-refractivity contribution in [2.24, 2.45) is 11.7 Å². The number of nitrogens with two attached hydrogens (primary N) is 1. The maximum absolute atomic E-state index is 12.8. The highest BCUT2D eigenvalue weighted by Crippen LogP contribution is 2.26. The van der Waals surface area contributed by atoms with Crippen LogP contribution >= 0.6 is 11.3 Å². The maximum atomic E-state index is 12.8. The summed E-state index contributed by atoms with van der Waals surface area (Å²) in [6.45, 7) is 2.31. The quantitative estimate of drug-likeness (QED) is 0.302. The SMILES string of the molecule is NCCCc1c(C(=O)O)[nH]c2ccc(C(=O)Nc3nc(C(=O)CC4CCNCC4)cs3)cc12. The predicted octanol–water partition coefficient (Wildman–Crippen LogP) is 3.04. The highest BCUT2D eigenvalue weighted by atomic mass is 32.1. The van der Waals surface area contributed by atoms with Crippen molar-refractivity contribution in [3.05, 3.63) is 46.1 Å². The molecule has 0 spiro atoms. The summed E-state index contributed by atoms with van der Waals surface area (Å²) in [7, 11) is 0. The third kappa shape index (κ3) is 5.29. The number of amides is 1. The maximum Gasteiger partial charge on any atom is 0.352 e. The van der Waals surface area contributed by atoms with E-state index in [0.29, 0.717) is 64.6 Å². The number of aromatic nitrogens is 2. The van der Waals surface area contributed by atoms with Gasteiger partial charge in [0.05, 0.1) is 0 Å². The van der Waals surface area contributed by atoms with Crippen molar-refractivity contribution in [3.8, 4) is 0 Å². The van der Waals surface area contributed by atoms with Crippen molar-refractivity contribution in [2.45, 2.75) is 32.1 Å². The van der Waals surface area contributed by atoms with Crippen LogP contribution < -0.4 is 16.4 Å². The topological polar surface area (TPSA) is 150 Å². The lowest BCUT2D eigenvalue weighted by Gasteiger charge is -2.21. The molecule has 3 heterocycles. The molecule has 1 aromatic carbocycles. The van der Waals surface area contributed by atoms with E-state index in [9.17, 15) is 19.5 Å². The Morgan fingerprint density at radius 2 is 2.03 bits per heavy atom. The van der Waals surface area contributed by atoms with Crippen molar-refractivity contribution in [1.29, 1.82) is 0 Å². The Kier molecular flexibility index (Phi) is 7.17. The molecule has 0 saturated carbocycles. The summed E-state index contributed by atoms with van der Waals surface area (Å²) < 4.78 is 0. The van der Waals surface area contributed by atoms with Crippen molar-refractivity contribution < 1.29 is 19.5 Å². The highest BCUT2D eigenvalue weighted by molar-refractivity contribution is 7.14. The van der Waals surface area contributed by atoms with Crippen LogP contribution in [0.3, 0.4) is 0 Å². The summed E-state index contributed by atoms with van der Waals surface area (Å²) in [5.74, 6) is -1.05. The molecule has 0 atom stereocenters. The Hall–Kier alpha value is -3.08. The van der Waals surface area contributed by atoms with Gasteiger partial charge in [-0.2, -0.15) is 0 Å². The molecule has 4 rings (SSSR count). The third-order valence-electron chi connectivity index (χ3n) is 5.96. The van der Waals surface area contributed by atoms with Gasteiger partial charge in [0.15, 0.2) is 10.9 Å². The normalized spacial score (nSPS) is 14.5. The van der Waals surface area contributed by atoms with Crippen LogP contribution in [-0.2, 0) is 6.42 Å². The van der Waals surface area contributed by atoms with E-state index in [-0.39, 0.29) is 17.4 Å². The number of aryl methyl sites for hydroxylation is 1. The molecule has 0 unspecified atom stereocenters. The summed E-state index contributed by atoms with van der Waals surface area (Å²) in [4.78, 5) is 44.2. The van der Waals surface area contributed by atoms with Crippen molar-refractivity contribution in [2.75, 3.05) is 25.0 Å². The van der Waals surface area contributed by atoms with E-state index in [1.807, 2.05) is 0 Å². The summed E-state index contributed by atoms with van der Waals surface area (Å²) in [5, 5.41) is 18.3. The number of carboxylic acids is 1. The molecule has 6 N–H and O–H groups in total. The van der Waals surface area contributed by atoms with Crippen LogP contribution in [0.2, 0.25) is 0 Å². The molecular weight excluding hydrogens is 442 g/mol. The van der Waals surface area contributed by atoms with Crippen LogP contribution in [0.15, 0.2) is 23.6 Å². The number of ketones is 1. The minimum Gasteiger partial charge on any atom is -0.477 e. The van der Waals surface area contributed by atoms with Crippen molar-refractivity contribution in [1.82, 2.24) is 15.3 Å². The fraction of sp³-hybridized carbons (Fsp3) is 0.391. The van der Waals surface area contributed by atoms with Crippen LogP contribution in [0.25, 0.3) is 10.9 Å². The van der Waals surface area contributed by atoms with Crippen LogP contribution in [-0.4, -0.2) is 52.4 Å². The summed E-state index contributed by atoms with van der Waals surface area (Å²) in [6.07, 6.45) is 3.57. The molecular formula is C23H27N5O4S. The number of benzene rings is 1. The van der Waals surface area contributed by atoms with Crippen LogP contribution in [0, 0.1) is 5.92 Å². The zero-order chi connectivity index (χ0) is 23.4. The molecule has 0 radical (unpaired) electrons. The first-order valence-electron chi connectivity index (χ1n) is 11.0. The van der Waals surface area contributed by atoms with Gasteiger partial charge in [-0.25, -0.2) is 9.78 Å². The standard InChI is InChI=1S/C23H27N5O4S/c24-7-1-2-15-16-11-14(3-4-17(16)26-20(15)22(31)32)21(30)28-23-27-18(12-33-23)19(29)10-13-5-8-25-9-6-13/h3-4,11-13,25-26H,1-2,5-10,24H2,(H,31,32)(H,27,28,30). The molecule has 174 valence electrons. The number of nitrogens with one attached hydrogen (secondary N) is 3. The van der Waals surface area contributed by atoms with Gasteiger partial charge in [-0.3, -0.25) is 14.9 Å². The fourth-order valence-corrected chi connectivity index (χ4v) is 4.90. The molecule has 1 fully saturated rings. The van der Waals surface area contributed by atoms with Gasteiger partial charge in [-0.1, -0.05) is 0 Å². The fourth-order valence-electron chi connectivity index (χ4n) is 4.19. The van der Waals surface area contributed by atoms with Gasteiger partial charge in [-0.15, -0.1) is 11.3 Å². The number of carbonyl (C=O) groups excluding carboxylic acids is 2. The molecule has 2 aromatic heterocycles. The summed E-state index contributed by atoms with van der Waals surface area (Å²) >= 11 is 1.21. The van der Waals surface area contributed by atoms with Gasteiger partial charge in [-0.05, 0) is 75.0 Å². The van der Waals surface area contributed by atoms with E-state index in [1.54, 1.807) is 23.6 Å². The van der Waals surface area contributed by atoms with E-state index >= 15 is 0 Å². The van der Waals surface area contributed by atoms with Gasteiger partial charge in [0, 0.05) is 28.3 Å². The zero-order valence-corrected chi connectivity index (χ0v) is 19.0. The number of rotatable bonds is 9. The second kappa shape index (κ2) is 10.2. The third-order valence-corrected chi connectivity index (χ3v) is 6.71. The minimum atomic E-state index is -1.05. The number of hydrogen-bond acceptors (Lipinski definition) is 7. The Morgan fingerprint density at radius 1 is 1.24 bits per heavy atom. The number of aromatic amines is 1. The highest BCUT2D eigenvalue weighted by Gasteiger charge is 2.21. The Labute approximate surface area is 194 Å². The lowest BCUT2D eigenvalue weighted by atomic mass is 9.92. The second-order valence-electron chi connectivity index (χ2n) is 8.25. The van der Waals surface area contributed by atoms with Crippen LogP contribution in [0.4, 0.5) is 5.13 Å². The minimum absolute atomic E-state index is 0.00173. The Balaban J connectivity index is 1.48. The average Bonchev–Trinajstić information content (AvgIpc) is 3.42. The number of hydrogen-bond donors (Lipinski definition) is 5. The number of carboxylic acid groups (broad SMARTS) is 1. The van der Waals surface area contributed by atoms with Gasteiger partial charge in [0.25, 0.3) is 5.91 Å². The number of piperidine rings is 1. The van der Waals surface area contributed by atoms with Gasteiger partial charge in [0.2, 0.25) is 0 Å². The largest absolute Gasteiger partial charge is 0.477 e. The molecule has 1 aliphatic heterocycles. The lowest BCUT2D eigenvalue weighted by molar-refractivity contribution is 0.0689. The van der Waals surface area contributed by atoms with Gasteiger partial charge >= 0.3 is 5.97 Å². The molecule has 9 nitrogen and oxygen atoms in total. The first kappa shape index (κ1) is 23.1. The molecule has 1 aliphatic rings. The Morgan fingerprint density at radius 3 is 2.76 bits per heavy atom. The number of anilines is 1. The van der Waals surface area contributed by atoms with E-state index < -0.39 is 5.97 Å². The number of fused-ring (bicyclic) bond motifs is 1. The number of thiazole rings is 1. The predicted molar refractivity (Wildman–Crippen MR) is 127 cm³/mol. The number of H-pyrrole nitrogens is 1. The van der Waals surface area contributed by atoms with Crippen molar-refractivity contribution in [3.63, 3.8) is 0 Å². The number of Topliss-reactive ketones (excluding diaryl/α,β-unsaturated/α-hetero) is 1. The summed E-state index contributed by atoms with van der Waals surface area (Å²) in [5.41, 5.74) is 7.76. The number of carbonyl (C=O) groups is 3. The first-order chi connectivity index (χ1) is 16.0. The average molecular weight is 470 g/mol. The monoisotopic (exact) mass is 469 g/mol. The van der Waals surface area contributed by atoms with Crippen LogP contribution in [0.1, 0.15) is 62.6 Å². The molecule has 0 aliphatic carbocycles. The second-order valence-corrected chi connectivity index (χ2v) is 9.11. The van der Waals surface area contributed by atoms with E-state index in [2.05, 4.69) is 20.6 Å². The van der Waals surface area contributed by atoms with E-state index in [0.717, 1.165) is 25.9 Å². The van der Waals surface area contributed by atoms with Crippen LogP contribution in [0.5, 0.6) is 0 Å². The number of aromatic carboxylic acids is 1. The van der Waals surface area contributed by atoms with Gasteiger partial charge in [0.1, 0.15) is 11.4 Å². The van der Waals surface area contributed by atoms with E-state index in [4.69, 9.17) is 5.73 Å². The Bertz CT molecular complexity index is 1180. The van der Waals surface area contributed by atoms with Gasteiger partial charge < -0.3 is 21.1 Å². The first-order valence-corrected chi connectivity index (χ1v) is 11.9. The molecule has 1 saturated heterocycles. The molecule has 10 heteroatoms. The smallest absolute Gasteiger partial charge is 0.352 e. The van der Waals surface area contributed by atoms with Crippen molar-refractivity contribution >= 4 is 45.0 Å². The number of nitrogens with zero attached hydrogens (tertiary/aromatic N) is 1. The zero-order valence-electron chi connectivity index (χ0n) is 18.1. The molecule has 1 amide bonds.